The van der Waals surface area contributed by atoms with Gasteiger partial charge in [-0.05, 0) is 6.92 Å². The van der Waals surface area contributed by atoms with Crippen LogP contribution in [-0.2, 0) is 11.3 Å². The molecule has 1 rings (SSSR count). The number of carboxylic acid groups (broad SMARTS) is 1. The van der Waals surface area contributed by atoms with Gasteiger partial charge in [0.15, 0.2) is 0 Å². The second-order valence-electron chi connectivity index (χ2n) is 3.31. The Morgan fingerprint density at radius 1 is 1.59 bits per heavy atom. The number of carbonyl (C=O) groups is 2. The average Bonchev–Trinajstić information content (AvgIpc) is 2.65. The number of nitrogens with one attached hydrogen (secondary N) is 1. The lowest BCUT2D eigenvalue weighted by molar-refractivity contribution is -0.121. The van der Waals surface area contributed by atoms with Gasteiger partial charge in [-0.3, -0.25) is 4.79 Å². The van der Waals surface area contributed by atoms with Crippen LogP contribution in [0.15, 0.2) is 0 Å². The number of thiazole rings is 1. The van der Waals surface area contributed by atoms with Crippen LogP contribution < -0.4 is 5.32 Å². The van der Waals surface area contributed by atoms with Crippen molar-refractivity contribution in [2.75, 3.05) is 0 Å². The molecule has 5 nitrogen and oxygen atoms in total. The van der Waals surface area contributed by atoms with Gasteiger partial charge >= 0.3 is 5.97 Å². The molecular formula is C11H12N2O3S. The standard InChI is InChI=1S/C11H12N2O3S/c1-3-4-5-8(14)12-6-9-13-7(2)10(17-9)11(15)16/h1H,4-6H2,2H3,(H,12,14)(H,15,16). The Kier molecular flexibility index (Phi) is 4.67. The minimum absolute atomic E-state index is 0.160. The van der Waals surface area contributed by atoms with E-state index in [0.717, 1.165) is 11.3 Å². The SMILES string of the molecule is C#CCCC(=O)NCc1nc(C)c(C(=O)O)s1. The van der Waals surface area contributed by atoms with Crippen molar-refractivity contribution in [2.24, 2.45) is 0 Å². The zero-order chi connectivity index (χ0) is 12.8. The second kappa shape index (κ2) is 6.01. The van der Waals surface area contributed by atoms with E-state index in [1.54, 1.807) is 6.92 Å². The van der Waals surface area contributed by atoms with Crippen LogP contribution >= 0.6 is 11.3 Å². The molecule has 0 aromatic carbocycles. The van der Waals surface area contributed by atoms with Crippen LogP contribution in [-0.4, -0.2) is 22.0 Å². The summed E-state index contributed by atoms with van der Waals surface area (Å²) in [4.78, 5) is 26.3. The molecule has 1 amide bonds. The van der Waals surface area contributed by atoms with Gasteiger partial charge < -0.3 is 10.4 Å². The number of hydrogen-bond donors (Lipinski definition) is 2. The van der Waals surface area contributed by atoms with Crippen molar-refractivity contribution in [1.29, 1.82) is 0 Å². The number of carboxylic acids is 1. The van der Waals surface area contributed by atoms with Crippen LogP contribution in [0.3, 0.4) is 0 Å². The van der Waals surface area contributed by atoms with E-state index in [1.807, 2.05) is 0 Å². The fraction of sp³-hybridized carbons (Fsp3) is 0.364. The predicted molar refractivity (Wildman–Crippen MR) is 63.7 cm³/mol. The molecule has 0 aliphatic rings. The van der Waals surface area contributed by atoms with Gasteiger partial charge in [0, 0.05) is 12.8 Å². The first-order valence-corrected chi connectivity index (χ1v) is 5.76. The third kappa shape index (κ3) is 3.89. The summed E-state index contributed by atoms with van der Waals surface area (Å²) in [6.45, 7) is 1.87. The molecule has 0 aliphatic carbocycles. The fourth-order valence-electron chi connectivity index (χ4n) is 1.17. The molecule has 2 N–H and O–H groups in total. The second-order valence-corrected chi connectivity index (χ2v) is 4.39. The summed E-state index contributed by atoms with van der Waals surface area (Å²) < 4.78 is 0. The molecule has 1 aromatic heterocycles. The van der Waals surface area contributed by atoms with Crippen LogP contribution in [0, 0.1) is 19.3 Å². The minimum atomic E-state index is -0.995. The van der Waals surface area contributed by atoms with Crippen molar-refractivity contribution in [1.82, 2.24) is 10.3 Å². The average molecular weight is 252 g/mol. The van der Waals surface area contributed by atoms with E-state index in [1.165, 1.54) is 0 Å². The van der Waals surface area contributed by atoms with E-state index in [2.05, 4.69) is 16.2 Å². The monoisotopic (exact) mass is 252 g/mol. The number of aromatic nitrogens is 1. The third-order valence-corrected chi connectivity index (χ3v) is 3.11. The lowest BCUT2D eigenvalue weighted by Crippen LogP contribution is -2.22. The molecule has 1 heterocycles. The van der Waals surface area contributed by atoms with Crippen molar-refractivity contribution < 1.29 is 14.7 Å². The zero-order valence-corrected chi connectivity index (χ0v) is 10.1. The predicted octanol–water partition coefficient (Wildman–Crippen LogP) is 1.18. The van der Waals surface area contributed by atoms with Gasteiger partial charge in [-0.1, -0.05) is 0 Å². The van der Waals surface area contributed by atoms with E-state index in [4.69, 9.17) is 11.5 Å². The maximum absolute atomic E-state index is 11.3. The molecule has 0 atom stereocenters. The van der Waals surface area contributed by atoms with E-state index in [9.17, 15) is 9.59 Å². The van der Waals surface area contributed by atoms with Crippen molar-refractivity contribution in [3.05, 3.63) is 15.6 Å². The Bertz CT molecular complexity index is 474. The lowest BCUT2D eigenvalue weighted by Gasteiger charge is -1.99. The first-order valence-electron chi connectivity index (χ1n) is 4.94. The molecular weight excluding hydrogens is 240 g/mol. The van der Waals surface area contributed by atoms with Crippen LogP contribution in [0.2, 0.25) is 0 Å². The molecule has 90 valence electrons. The summed E-state index contributed by atoms with van der Waals surface area (Å²) >= 11 is 1.07. The van der Waals surface area contributed by atoms with Crippen molar-refractivity contribution in [3.63, 3.8) is 0 Å². The molecule has 17 heavy (non-hydrogen) atoms. The van der Waals surface area contributed by atoms with Gasteiger partial charge in [0.05, 0.1) is 12.2 Å². The highest BCUT2D eigenvalue weighted by molar-refractivity contribution is 7.13. The Balaban J connectivity index is 2.53. The molecule has 0 fully saturated rings. The highest BCUT2D eigenvalue weighted by Gasteiger charge is 2.13. The highest BCUT2D eigenvalue weighted by atomic mass is 32.1. The van der Waals surface area contributed by atoms with E-state index in [-0.39, 0.29) is 23.7 Å². The molecule has 6 heteroatoms. The maximum Gasteiger partial charge on any atom is 0.347 e. The van der Waals surface area contributed by atoms with Crippen molar-refractivity contribution >= 4 is 23.2 Å². The Hall–Kier alpha value is -1.87. The molecule has 0 aliphatic heterocycles. The van der Waals surface area contributed by atoms with E-state index in [0.29, 0.717) is 17.1 Å². The van der Waals surface area contributed by atoms with Crippen LogP contribution in [0.25, 0.3) is 0 Å². The van der Waals surface area contributed by atoms with Gasteiger partial charge in [-0.2, -0.15) is 0 Å². The third-order valence-electron chi connectivity index (χ3n) is 1.97. The van der Waals surface area contributed by atoms with Gasteiger partial charge in [-0.25, -0.2) is 9.78 Å². The first-order chi connectivity index (χ1) is 8.04. The summed E-state index contributed by atoms with van der Waals surface area (Å²) in [5.74, 6) is 1.22. The van der Waals surface area contributed by atoms with Gasteiger partial charge in [0.1, 0.15) is 9.88 Å². The number of amides is 1. The molecule has 0 bridgehead atoms. The molecule has 1 aromatic rings. The summed E-state index contributed by atoms with van der Waals surface area (Å²) in [6.07, 6.45) is 5.70. The number of nitrogens with zero attached hydrogens (tertiary/aromatic N) is 1. The van der Waals surface area contributed by atoms with Crippen molar-refractivity contribution in [3.8, 4) is 12.3 Å². The maximum atomic E-state index is 11.3. The molecule has 0 spiro atoms. The number of aromatic carboxylic acids is 1. The zero-order valence-electron chi connectivity index (χ0n) is 9.32. The first kappa shape index (κ1) is 13.2. The minimum Gasteiger partial charge on any atom is -0.477 e. The largest absolute Gasteiger partial charge is 0.477 e. The van der Waals surface area contributed by atoms with Crippen LogP contribution in [0.1, 0.15) is 33.2 Å². The Morgan fingerprint density at radius 2 is 2.29 bits per heavy atom. The topological polar surface area (TPSA) is 79.3 Å². The Morgan fingerprint density at radius 3 is 2.82 bits per heavy atom. The smallest absolute Gasteiger partial charge is 0.347 e. The normalized spacial score (nSPS) is 9.65. The summed E-state index contributed by atoms with van der Waals surface area (Å²) in [7, 11) is 0. The van der Waals surface area contributed by atoms with Crippen LogP contribution in [0.4, 0.5) is 0 Å². The van der Waals surface area contributed by atoms with Gasteiger partial charge in [-0.15, -0.1) is 23.7 Å². The lowest BCUT2D eigenvalue weighted by atomic mass is 10.3. The van der Waals surface area contributed by atoms with E-state index < -0.39 is 5.97 Å². The quantitative estimate of drug-likeness (QED) is 0.771. The molecule has 0 radical (unpaired) electrons. The molecule has 0 saturated carbocycles. The number of carbonyl (C=O) groups excluding carboxylic acids is 1. The number of aryl methyl sites for hydroxylation is 1. The number of terminal acetylenes is 1. The summed E-state index contributed by atoms with van der Waals surface area (Å²) in [5.41, 5.74) is 0.468. The van der Waals surface area contributed by atoms with E-state index >= 15 is 0 Å². The fourth-order valence-corrected chi connectivity index (χ4v) is 2.02. The number of rotatable bonds is 5. The van der Waals surface area contributed by atoms with Gasteiger partial charge in [0.2, 0.25) is 5.91 Å². The summed E-state index contributed by atoms with van der Waals surface area (Å²) in [5, 5.41) is 12.0. The molecule has 0 unspecified atom stereocenters. The Labute approximate surface area is 103 Å². The number of hydrogen-bond acceptors (Lipinski definition) is 4. The van der Waals surface area contributed by atoms with Gasteiger partial charge in [0.25, 0.3) is 0 Å². The molecule has 0 saturated heterocycles. The summed E-state index contributed by atoms with van der Waals surface area (Å²) in [6, 6.07) is 0. The van der Waals surface area contributed by atoms with Crippen molar-refractivity contribution in [2.45, 2.75) is 26.3 Å². The van der Waals surface area contributed by atoms with Crippen LogP contribution in [0.5, 0.6) is 0 Å². The highest BCUT2D eigenvalue weighted by Crippen LogP contribution is 2.17.